The molecule has 144 valence electrons. The van der Waals surface area contributed by atoms with Crippen molar-refractivity contribution < 1.29 is 4.55 Å². The van der Waals surface area contributed by atoms with Crippen LogP contribution in [0, 0.1) is 6.92 Å². The second kappa shape index (κ2) is 7.77. The highest BCUT2D eigenvalue weighted by molar-refractivity contribution is 7.91. The molecule has 0 spiro atoms. The van der Waals surface area contributed by atoms with E-state index in [2.05, 4.69) is 48.3 Å². The molecule has 1 aromatic carbocycles. The zero-order chi connectivity index (χ0) is 19.7. The Morgan fingerprint density at radius 1 is 1.07 bits per heavy atom. The Balaban J connectivity index is 1.88. The smallest absolute Gasteiger partial charge is 0.265 e. The van der Waals surface area contributed by atoms with Crippen molar-refractivity contribution in [2.45, 2.75) is 31.7 Å². The van der Waals surface area contributed by atoms with Crippen molar-refractivity contribution in [2.75, 3.05) is 5.75 Å². The maximum Gasteiger partial charge on any atom is 0.265 e. The molecule has 7 heteroatoms. The molecule has 0 radical (unpaired) electrons. The van der Waals surface area contributed by atoms with Gasteiger partial charge in [-0.15, -0.1) is 5.10 Å². The summed E-state index contributed by atoms with van der Waals surface area (Å²) in [6.07, 6.45) is 3.68. The Kier molecular flexibility index (Phi) is 5.19. The second-order valence-corrected chi connectivity index (χ2v) is 8.41. The summed E-state index contributed by atoms with van der Waals surface area (Å²) in [6, 6.07) is 14.1. The molecule has 1 atom stereocenters. The first-order chi connectivity index (χ1) is 13.6. The fourth-order valence-corrected chi connectivity index (χ4v) is 4.29. The number of aryl methyl sites for hydroxylation is 2. The number of benzene rings is 1. The quantitative estimate of drug-likeness (QED) is 0.464. The Morgan fingerprint density at radius 2 is 1.86 bits per heavy atom. The van der Waals surface area contributed by atoms with Gasteiger partial charge in [0.05, 0.1) is 23.1 Å². The van der Waals surface area contributed by atoms with Crippen LogP contribution in [0.5, 0.6) is 0 Å². The largest absolute Gasteiger partial charge is 0.610 e. The van der Waals surface area contributed by atoms with Gasteiger partial charge < -0.3 is 4.55 Å². The Labute approximate surface area is 167 Å². The van der Waals surface area contributed by atoms with Gasteiger partial charge in [-0.25, -0.2) is 9.50 Å². The summed E-state index contributed by atoms with van der Waals surface area (Å²) >= 11 is -1.12. The molecule has 0 amide bonds. The maximum absolute atomic E-state index is 12.6. The minimum atomic E-state index is -1.12. The van der Waals surface area contributed by atoms with Gasteiger partial charge >= 0.3 is 0 Å². The molecule has 0 aliphatic carbocycles. The standard InChI is InChI=1S/C21H23N5OS/c1-4-5-12-28(27)21-14-20-23-17(16-8-6-15(2)7-9-16)13-19(26(20)24-21)18-10-11-22-25(18)3/h6-11,13-14H,4-5,12H2,1-3H3. The van der Waals surface area contributed by atoms with E-state index in [1.165, 1.54) is 5.56 Å². The van der Waals surface area contributed by atoms with Crippen LogP contribution in [-0.4, -0.2) is 34.7 Å². The summed E-state index contributed by atoms with van der Waals surface area (Å²) in [4.78, 5) is 4.80. The zero-order valence-corrected chi connectivity index (χ0v) is 17.1. The van der Waals surface area contributed by atoms with Crippen molar-refractivity contribution in [1.82, 2.24) is 24.4 Å². The molecule has 4 rings (SSSR count). The van der Waals surface area contributed by atoms with Gasteiger partial charge in [0.2, 0.25) is 0 Å². The summed E-state index contributed by atoms with van der Waals surface area (Å²) < 4.78 is 16.2. The van der Waals surface area contributed by atoms with Crippen LogP contribution >= 0.6 is 0 Å². The molecule has 0 N–H and O–H groups in total. The molecule has 0 bridgehead atoms. The van der Waals surface area contributed by atoms with E-state index in [0.717, 1.165) is 35.5 Å². The molecule has 0 saturated heterocycles. The average Bonchev–Trinajstić information content (AvgIpc) is 3.32. The van der Waals surface area contributed by atoms with E-state index in [1.807, 2.05) is 29.9 Å². The first-order valence-corrected chi connectivity index (χ1v) is 10.7. The summed E-state index contributed by atoms with van der Waals surface area (Å²) in [5, 5.41) is 9.49. The van der Waals surface area contributed by atoms with Crippen LogP contribution in [0.1, 0.15) is 25.3 Å². The van der Waals surface area contributed by atoms with Crippen LogP contribution in [0.15, 0.2) is 53.7 Å². The molecule has 3 heterocycles. The molecule has 0 aliphatic rings. The predicted octanol–water partition coefficient (Wildman–Crippen LogP) is 4.01. The van der Waals surface area contributed by atoms with Gasteiger partial charge in [-0.05, 0) is 25.5 Å². The minimum absolute atomic E-state index is 0.574. The summed E-state index contributed by atoms with van der Waals surface area (Å²) in [5.41, 5.74) is 5.58. The molecule has 6 nitrogen and oxygen atoms in total. The SMILES string of the molecule is CCCC[S+]([O-])c1cc2nc(-c3ccc(C)cc3)cc(-c3ccnn3C)n2n1. The monoisotopic (exact) mass is 393 g/mol. The van der Waals surface area contributed by atoms with Crippen LogP contribution in [0.3, 0.4) is 0 Å². The highest BCUT2D eigenvalue weighted by atomic mass is 32.2. The van der Waals surface area contributed by atoms with E-state index >= 15 is 0 Å². The highest BCUT2D eigenvalue weighted by Gasteiger charge is 2.20. The lowest BCUT2D eigenvalue weighted by atomic mass is 10.1. The van der Waals surface area contributed by atoms with Gasteiger partial charge in [0.25, 0.3) is 5.03 Å². The third-order valence-corrected chi connectivity index (χ3v) is 6.08. The second-order valence-electron chi connectivity index (χ2n) is 6.89. The van der Waals surface area contributed by atoms with Crippen molar-refractivity contribution in [3.8, 4) is 22.6 Å². The van der Waals surface area contributed by atoms with Crippen molar-refractivity contribution in [2.24, 2.45) is 7.05 Å². The Morgan fingerprint density at radius 3 is 2.54 bits per heavy atom. The van der Waals surface area contributed by atoms with Gasteiger partial charge in [-0.1, -0.05) is 43.2 Å². The van der Waals surface area contributed by atoms with E-state index in [9.17, 15) is 4.55 Å². The van der Waals surface area contributed by atoms with Crippen molar-refractivity contribution in [1.29, 1.82) is 0 Å². The molecule has 1 unspecified atom stereocenters. The lowest BCUT2D eigenvalue weighted by Crippen LogP contribution is -2.08. The Hall–Kier alpha value is -2.64. The third-order valence-electron chi connectivity index (χ3n) is 4.75. The fraction of sp³-hybridized carbons (Fsp3) is 0.286. The normalized spacial score (nSPS) is 12.6. The molecule has 3 aromatic heterocycles. The van der Waals surface area contributed by atoms with E-state index in [0.29, 0.717) is 16.4 Å². The topological polar surface area (TPSA) is 71.1 Å². The lowest BCUT2D eigenvalue weighted by molar-refractivity contribution is 0.586. The van der Waals surface area contributed by atoms with Gasteiger partial charge in [0.15, 0.2) is 5.65 Å². The van der Waals surface area contributed by atoms with Crippen LogP contribution in [-0.2, 0) is 18.2 Å². The molecule has 0 fully saturated rings. The molecule has 28 heavy (non-hydrogen) atoms. The van der Waals surface area contributed by atoms with Gasteiger partial charge in [0.1, 0.15) is 5.75 Å². The number of nitrogens with zero attached hydrogens (tertiary/aromatic N) is 5. The number of hydrogen-bond donors (Lipinski definition) is 0. The molecule has 0 saturated carbocycles. The number of fused-ring (bicyclic) bond motifs is 1. The third kappa shape index (κ3) is 3.55. The van der Waals surface area contributed by atoms with Crippen molar-refractivity contribution in [3.63, 3.8) is 0 Å². The van der Waals surface area contributed by atoms with Crippen molar-refractivity contribution >= 4 is 16.8 Å². The van der Waals surface area contributed by atoms with Crippen LogP contribution in [0.25, 0.3) is 28.3 Å². The summed E-state index contributed by atoms with van der Waals surface area (Å²) in [6.45, 7) is 4.16. The summed E-state index contributed by atoms with van der Waals surface area (Å²) in [7, 11) is 1.90. The number of aromatic nitrogens is 5. The number of hydrogen-bond acceptors (Lipinski definition) is 4. The minimum Gasteiger partial charge on any atom is -0.610 e. The molecule has 0 aliphatic heterocycles. The molecule has 4 aromatic rings. The lowest BCUT2D eigenvalue weighted by Gasteiger charge is -2.09. The van der Waals surface area contributed by atoms with E-state index in [-0.39, 0.29) is 0 Å². The van der Waals surface area contributed by atoms with E-state index in [4.69, 9.17) is 4.98 Å². The fourth-order valence-electron chi connectivity index (χ4n) is 3.12. The van der Waals surface area contributed by atoms with E-state index in [1.54, 1.807) is 10.7 Å². The van der Waals surface area contributed by atoms with Gasteiger partial charge in [-0.2, -0.15) is 5.10 Å². The number of rotatable bonds is 6. The summed E-state index contributed by atoms with van der Waals surface area (Å²) in [5.74, 6) is 0.617. The zero-order valence-electron chi connectivity index (χ0n) is 16.3. The van der Waals surface area contributed by atoms with Gasteiger partial charge in [0, 0.05) is 30.0 Å². The highest BCUT2D eigenvalue weighted by Crippen LogP contribution is 2.27. The van der Waals surface area contributed by atoms with Crippen molar-refractivity contribution in [3.05, 3.63) is 54.2 Å². The molecular weight excluding hydrogens is 370 g/mol. The first-order valence-electron chi connectivity index (χ1n) is 9.41. The maximum atomic E-state index is 12.6. The Bertz CT molecular complexity index is 1100. The van der Waals surface area contributed by atoms with Crippen LogP contribution in [0.4, 0.5) is 0 Å². The first kappa shape index (κ1) is 18.7. The van der Waals surface area contributed by atoms with Crippen LogP contribution in [0.2, 0.25) is 0 Å². The van der Waals surface area contributed by atoms with E-state index < -0.39 is 11.2 Å². The number of unbranched alkanes of at least 4 members (excludes halogenated alkanes) is 1. The predicted molar refractivity (Wildman–Crippen MR) is 112 cm³/mol. The molecular formula is C21H23N5OS. The van der Waals surface area contributed by atoms with Gasteiger partial charge in [-0.3, -0.25) is 4.68 Å². The van der Waals surface area contributed by atoms with Crippen LogP contribution < -0.4 is 0 Å². The average molecular weight is 394 g/mol.